The molecule has 3 amide bonds. The van der Waals surface area contributed by atoms with Crippen molar-refractivity contribution in [1.29, 1.82) is 0 Å². The Kier molecular flexibility index (Phi) is 8.86. The predicted octanol–water partition coefficient (Wildman–Crippen LogP) is 3.55. The highest BCUT2D eigenvalue weighted by Crippen LogP contribution is 2.29. The summed E-state index contributed by atoms with van der Waals surface area (Å²) in [6, 6.07) is 5.67. The summed E-state index contributed by atoms with van der Waals surface area (Å²) in [6.45, 7) is 9.23. The van der Waals surface area contributed by atoms with Gasteiger partial charge in [-0.1, -0.05) is 56.6 Å². The topological polar surface area (TPSA) is 137 Å². The number of aryl methyl sites for hydroxylation is 1. The van der Waals surface area contributed by atoms with E-state index >= 15 is 0 Å². The Bertz CT molecular complexity index is 1390. The number of thiazole rings is 1. The summed E-state index contributed by atoms with van der Waals surface area (Å²) in [5.74, 6) is -1.46. The molecule has 12 heteroatoms. The van der Waals surface area contributed by atoms with E-state index in [0.29, 0.717) is 0 Å². The quantitative estimate of drug-likeness (QED) is 0.386. The summed E-state index contributed by atoms with van der Waals surface area (Å²) >= 11 is 7.44. The van der Waals surface area contributed by atoms with Crippen LogP contribution in [0.15, 0.2) is 42.2 Å². The van der Waals surface area contributed by atoms with E-state index in [1.807, 2.05) is 43.6 Å². The van der Waals surface area contributed by atoms with Crippen LogP contribution in [-0.2, 0) is 9.59 Å². The summed E-state index contributed by atoms with van der Waals surface area (Å²) in [5.41, 5.74) is 3.99. The van der Waals surface area contributed by atoms with Gasteiger partial charge in [-0.25, -0.2) is 9.97 Å². The number of likely N-dealkylation sites (tertiary alicyclic amines) is 1. The van der Waals surface area contributed by atoms with Gasteiger partial charge < -0.3 is 20.6 Å². The van der Waals surface area contributed by atoms with Crippen LogP contribution in [0.1, 0.15) is 61.9 Å². The standard InChI is InChI=1S/C28H33ClN6O4S/c1-15(17-6-8-18(9-7-17)23-16(2)31-14-40-23)32-26(38)21-10-19(36)13-35(21)27(39)24(28(3,4)5)34-25(37)20-11-30-12-22(29)33-20/h6-9,11-12,14-15,19,21,24,36H,10,13H2,1-5H3,(H,32,38)(H,34,37)/t15-,19+,21-,24+/m0/s1. The number of aliphatic hydroxyl groups excluding tert-OH is 1. The number of nitrogens with zero attached hydrogens (tertiary/aromatic N) is 4. The molecule has 1 fully saturated rings. The van der Waals surface area contributed by atoms with Crippen molar-refractivity contribution in [2.24, 2.45) is 5.41 Å². The lowest BCUT2D eigenvalue weighted by molar-refractivity contribution is -0.142. The molecule has 3 N–H and O–H groups in total. The second-order valence-electron chi connectivity index (χ2n) is 11.0. The third kappa shape index (κ3) is 6.65. The van der Waals surface area contributed by atoms with Crippen molar-refractivity contribution >= 4 is 40.7 Å². The molecule has 4 atom stereocenters. The Morgan fingerprint density at radius 3 is 2.45 bits per heavy atom. The van der Waals surface area contributed by atoms with Crippen LogP contribution in [0.4, 0.5) is 0 Å². The number of aromatic nitrogens is 3. The number of nitrogens with one attached hydrogen (secondary N) is 2. The summed E-state index contributed by atoms with van der Waals surface area (Å²) in [7, 11) is 0. The van der Waals surface area contributed by atoms with Gasteiger partial charge in [-0.2, -0.15) is 0 Å². The van der Waals surface area contributed by atoms with Crippen LogP contribution in [0.2, 0.25) is 5.15 Å². The van der Waals surface area contributed by atoms with Crippen molar-refractivity contribution < 1.29 is 19.5 Å². The first-order chi connectivity index (χ1) is 18.8. The first kappa shape index (κ1) is 29.6. The molecule has 1 saturated heterocycles. The fraction of sp³-hybridized carbons (Fsp3) is 0.429. The third-order valence-corrected chi connectivity index (χ3v) is 8.03. The zero-order chi connectivity index (χ0) is 29.2. The lowest BCUT2D eigenvalue weighted by atomic mass is 9.85. The van der Waals surface area contributed by atoms with Gasteiger partial charge in [0.25, 0.3) is 5.91 Å². The third-order valence-electron chi connectivity index (χ3n) is 6.87. The molecule has 0 saturated carbocycles. The number of rotatable bonds is 7. The number of β-amino-alcohol motifs (C(OH)–C–C–N with tert-alkyl or cyclic N) is 1. The van der Waals surface area contributed by atoms with Gasteiger partial charge in [-0.3, -0.25) is 19.4 Å². The van der Waals surface area contributed by atoms with Crippen LogP contribution in [0.5, 0.6) is 0 Å². The summed E-state index contributed by atoms with van der Waals surface area (Å²) in [4.78, 5) is 54.7. The van der Waals surface area contributed by atoms with E-state index in [9.17, 15) is 19.5 Å². The maximum Gasteiger partial charge on any atom is 0.272 e. The van der Waals surface area contributed by atoms with Crippen molar-refractivity contribution in [1.82, 2.24) is 30.5 Å². The van der Waals surface area contributed by atoms with Crippen LogP contribution >= 0.6 is 22.9 Å². The van der Waals surface area contributed by atoms with E-state index in [4.69, 9.17) is 11.6 Å². The molecule has 3 aromatic rings. The Labute approximate surface area is 242 Å². The van der Waals surface area contributed by atoms with Crippen LogP contribution in [-0.4, -0.2) is 67.4 Å². The van der Waals surface area contributed by atoms with Crippen LogP contribution < -0.4 is 10.6 Å². The van der Waals surface area contributed by atoms with Gasteiger partial charge in [-0.15, -0.1) is 11.3 Å². The smallest absolute Gasteiger partial charge is 0.272 e. The van der Waals surface area contributed by atoms with Gasteiger partial charge in [0.2, 0.25) is 11.8 Å². The number of halogens is 1. The second-order valence-corrected chi connectivity index (χ2v) is 12.3. The number of aliphatic hydroxyl groups is 1. The summed E-state index contributed by atoms with van der Waals surface area (Å²) < 4.78 is 0. The molecule has 0 radical (unpaired) electrons. The van der Waals surface area contributed by atoms with Crippen molar-refractivity contribution in [3.8, 4) is 10.4 Å². The first-order valence-electron chi connectivity index (χ1n) is 12.9. The molecule has 10 nitrogen and oxygen atoms in total. The highest BCUT2D eigenvalue weighted by Gasteiger charge is 2.44. The molecule has 0 unspecified atom stereocenters. The Balaban J connectivity index is 1.48. The average molecular weight is 585 g/mol. The molecule has 2 aromatic heterocycles. The van der Waals surface area contributed by atoms with E-state index in [0.717, 1.165) is 21.7 Å². The molecule has 3 heterocycles. The zero-order valence-electron chi connectivity index (χ0n) is 23.0. The van der Waals surface area contributed by atoms with Crippen LogP contribution in [0.3, 0.4) is 0 Å². The van der Waals surface area contributed by atoms with Crippen molar-refractivity contribution in [3.63, 3.8) is 0 Å². The number of hydrogen-bond donors (Lipinski definition) is 3. The van der Waals surface area contributed by atoms with Gasteiger partial charge in [0.05, 0.1) is 40.6 Å². The predicted molar refractivity (Wildman–Crippen MR) is 153 cm³/mol. The van der Waals surface area contributed by atoms with Gasteiger partial charge in [0.15, 0.2) is 0 Å². The molecule has 1 aromatic carbocycles. The molecule has 1 aliphatic rings. The Morgan fingerprint density at radius 1 is 1.15 bits per heavy atom. The number of carbonyl (C=O) groups excluding carboxylic acids is 3. The monoisotopic (exact) mass is 584 g/mol. The normalized spacial score (nSPS) is 18.7. The number of benzene rings is 1. The van der Waals surface area contributed by atoms with Crippen molar-refractivity contribution in [2.75, 3.05) is 6.54 Å². The molecule has 40 heavy (non-hydrogen) atoms. The van der Waals surface area contributed by atoms with E-state index < -0.39 is 35.4 Å². The molecule has 0 aliphatic carbocycles. The fourth-order valence-electron chi connectivity index (χ4n) is 4.67. The minimum atomic E-state index is -0.999. The zero-order valence-corrected chi connectivity index (χ0v) is 24.6. The highest BCUT2D eigenvalue weighted by molar-refractivity contribution is 7.13. The maximum atomic E-state index is 13.8. The van der Waals surface area contributed by atoms with Crippen molar-refractivity contribution in [3.05, 3.63) is 64.3 Å². The lowest BCUT2D eigenvalue weighted by Crippen LogP contribution is -2.58. The maximum absolute atomic E-state index is 13.8. The molecule has 212 valence electrons. The molecule has 0 spiro atoms. The molecular weight excluding hydrogens is 552 g/mol. The van der Waals surface area contributed by atoms with Crippen LogP contribution in [0, 0.1) is 12.3 Å². The number of hydrogen-bond acceptors (Lipinski definition) is 8. The molecule has 4 rings (SSSR count). The SMILES string of the molecule is Cc1ncsc1-c1ccc([C@H](C)NC(=O)[C@@H]2C[C@@H](O)CN2C(=O)[C@@H](NC(=O)c2cncc(Cl)n2)C(C)(C)C)cc1. The average Bonchev–Trinajstić information content (AvgIpc) is 3.51. The van der Waals surface area contributed by atoms with Gasteiger partial charge in [0.1, 0.15) is 22.9 Å². The highest BCUT2D eigenvalue weighted by atomic mass is 35.5. The van der Waals surface area contributed by atoms with E-state index in [2.05, 4.69) is 25.6 Å². The minimum Gasteiger partial charge on any atom is -0.391 e. The summed E-state index contributed by atoms with van der Waals surface area (Å²) in [5, 5.41) is 16.2. The summed E-state index contributed by atoms with van der Waals surface area (Å²) in [6.07, 6.45) is 1.79. The Morgan fingerprint density at radius 2 is 1.85 bits per heavy atom. The fourth-order valence-corrected chi connectivity index (χ4v) is 5.63. The van der Waals surface area contributed by atoms with Gasteiger partial charge in [-0.05, 0) is 30.4 Å². The second kappa shape index (κ2) is 12.0. The van der Waals surface area contributed by atoms with E-state index in [1.54, 1.807) is 32.1 Å². The minimum absolute atomic E-state index is 0.0202. The Hall–Kier alpha value is -3.41. The molecule has 1 aliphatic heterocycles. The van der Waals surface area contributed by atoms with E-state index in [1.165, 1.54) is 17.3 Å². The first-order valence-corrected chi connectivity index (χ1v) is 14.2. The number of carbonyl (C=O) groups is 3. The van der Waals surface area contributed by atoms with Gasteiger partial charge >= 0.3 is 0 Å². The molecular formula is C28H33ClN6O4S. The number of amides is 3. The van der Waals surface area contributed by atoms with Crippen LogP contribution in [0.25, 0.3) is 10.4 Å². The molecule has 0 bridgehead atoms. The van der Waals surface area contributed by atoms with E-state index in [-0.39, 0.29) is 35.8 Å². The largest absolute Gasteiger partial charge is 0.391 e. The van der Waals surface area contributed by atoms with Gasteiger partial charge in [0, 0.05) is 13.0 Å². The van der Waals surface area contributed by atoms with Crippen molar-refractivity contribution in [2.45, 2.75) is 65.3 Å². The lowest BCUT2D eigenvalue weighted by Gasteiger charge is -2.35.